The highest BCUT2D eigenvalue weighted by Crippen LogP contribution is 2.17. The minimum atomic E-state index is -3.88. The predicted molar refractivity (Wildman–Crippen MR) is 66.0 cm³/mol. The van der Waals surface area contributed by atoms with Gasteiger partial charge in [0.05, 0.1) is 12.0 Å². The molecule has 0 fully saturated rings. The van der Waals surface area contributed by atoms with E-state index < -0.39 is 16.7 Å². The second kappa shape index (κ2) is 6.51. The van der Waals surface area contributed by atoms with Gasteiger partial charge in [0.2, 0.25) is 0 Å². The molecule has 0 amide bonds. The molecule has 6 heteroatoms. The second-order valence-corrected chi connectivity index (χ2v) is 5.30. The van der Waals surface area contributed by atoms with Gasteiger partial charge in [0.15, 0.2) is 5.78 Å². The van der Waals surface area contributed by atoms with Gasteiger partial charge in [-0.15, -0.1) is 0 Å². The molecule has 1 rings (SSSR count). The van der Waals surface area contributed by atoms with E-state index >= 15 is 0 Å². The van der Waals surface area contributed by atoms with Crippen molar-refractivity contribution in [3.8, 4) is 5.75 Å². The van der Waals surface area contributed by atoms with Crippen molar-refractivity contribution >= 4 is 15.9 Å². The zero-order chi connectivity index (χ0) is 13.6. The van der Waals surface area contributed by atoms with Crippen molar-refractivity contribution in [1.29, 1.82) is 0 Å². The number of carbonyl (C=O) groups excluding carboxylic acids is 1. The first kappa shape index (κ1) is 14.7. The molecule has 1 aromatic rings. The molecule has 0 aliphatic heterocycles. The molecule has 18 heavy (non-hydrogen) atoms. The summed E-state index contributed by atoms with van der Waals surface area (Å²) in [6.07, 6.45) is 0.989. The summed E-state index contributed by atoms with van der Waals surface area (Å²) < 4.78 is 33.1. The molecule has 1 aromatic carbocycles. The van der Waals surface area contributed by atoms with Gasteiger partial charge in [-0.2, -0.15) is 8.42 Å². The standard InChI is InChI=1S/C12H16O5S/c1-3-4-10(13)9-17-18(14,15)12-7-5-11(16-2)6-8-12/h5-8H,3-4,9H2,1-2H3. The number of ether oxygens (including phenoxy) is 1. The smallest absolute Gasteiger partial charge is 0.297 e. The zero-order valence-electron chi connectivity index (χ0n) is 10.4. The highest BCUT2D eigenvalue weighted by molar-refractivity contribution is 7.86. The fraction of sp³-hybridized carbons (Fsp3) is 0.417. The van der Waals surface area contributed by atoms with Gasteiger partial charge in [-0.25, -0.2) is 0 Å². The van der Waals surface area contributed by atoms with Crippen LogP contribution in [-0.2, 0) is 19.1 Å². The Labute approximate surface area is 107 Å². The Bertz CT molecular complexity index is 490. The lowest BCUT2D eigenvalue weighted by Crippen LogP contribution is -2.14. The maximum absolute atomic E-state index is 11.7. The van der Waals surface area contributed by atoms with Crippen molar-refractivity contribution in [2.24, 2.45) is 0 Å². The van der Waals surface area contributed by atoms with Crippen LogP contribution < -0.4 is 4.74 Å². The van der Waals surface area contributed by atoms with Crippen LogP contribution in [0.25, 0.3) is 0 Å². The van der Waals surface area contributed by atoms with Crippen molar-refractivity contribution in [3.63, 3.8) is 0 Å². The highest BCUT2D eigenvalue weighted by atomic mass is 32.2. The molecule has 0 radical (unpaired) electrons. The van der Waals surface area contributed by atoms with E-state index in [4.69, 9.17) is 4.74 Å². The lowest BCUT2D eigenvalue weighted by Gasteiger charge is -2.05. The lowest BCUT2D eigenvalue weighted by atomic mass is 10.2. The molecule has 0 bridgehead atoms. The maximum Gasteiger partial charge on any atom is 0.297 e. The molecular formula is C12H16O5S. The van der Waals surface area contributed by atoms with E-state index in [1.54, 1.807) is 0 Å². The number of benzene rings is 1. The molecule has 0 unspecified atom stereocenters. The van der Waals surface area contributed by atoms with Crippen molar-refractivity contribution < 1.29 is 22.1 Å². The molecule has 0 N–H and O–H groups in total. The molecule has 100 valence electrons. The Morgan fingerprint density at radius 1 is 1.22 bits per heavy atom. The van der Waals surface area contributed by atoms with Crippen molar-refractivity contribution in [2.75, 3.05) is 13.7 Å². The minimum absolute atomic E-state index is 0.00704. The maximum atomic E-state index is 11.7. The normalized spacial score (nSPS) is 11.2. The summed E-state index contributed by atoms with van der Waals surface area (Å²) >= 11 is 0. The summed E-state index contributed by atoms with van der Waals surface area (Å²) in [6, 6.07) is 5.78. The van der Waals surface area contributed by atoms with Crippen molar-refractivity contribution in [2.45, 2.75) is 24.7 Å². The summed E-state index contributed by atoms with van der Waals surface area (Å²) in [4.78, 5) is 11.2. The van der Waals surface area contributed by atoms with Crippen LogP contribution in [0.1, 0.15) is 19.8 Å². The van der Waals surface area contributed by atoms with Gasteiger partial charge < -0.3 is 4.74 Å². The summed E-state index contributed by atoms with van der Waals surface area (Å²) in [7, 11) is -2.39. The number of methoxy groups -OCH3 is 1. The second-order valence-electron chi connectivity index (χ2n) is 3.68. The molecule has 0 saturated carbocycles. The van der Waals surface area contributed by atoms with Crippen LogP contribution in [0.2, 0.25) is 0 Å². The third kappa shape index (κ3) is 4.12. The molecule has 0 aromatic heterocycles. The SMILES string of the molecule is CCCC(=O)COS(=O)(=O)c1ccc(OC)cc1. The number of ketones is 1. The Morgan fingerprint density at radius 3 is 2.33 bits per heavy atom. The van der Waals surface area contributed by atoms with Crippen molar-refractivity contribution in [1.82, 2.24) is 0 Å². The number of rotatable bonds is 7. The lowest BCUT2D eigenvalue weighted by molar-refractivity contribution is -0.121. The number of hydrogen-bond donors (Lipinski definition) is 0. The van der Waals surface area contributed by atoms with Crippen LogP contribution in [0.15, 0.2) is 29.2 Å². The van der Waals surface area contributed by atoms with Crippen LogP contribution in [-0.4, -0.2) is 27.9 Å². The van der Waals surface area contributed by atoms with Gasteiger partial charge in [0.1, 0.15) is 12.4 Å². The van der Waals surface area contributed by atoms with E-state index in [1.165, 1.54) is 31.4 Å². The highest BCUT2D eigenvalue weighted by Gasteiger charge is 2.16. The molecule has 0 spiro atoms. The summed E-state index contributed by atoms with van der Waals surface area (Å²) in [5.74, 6) is 0.325. The van der Waals surface area contributed by atoms with E-state index in [9.17, 15) is 13.2 Å². The summed E-state index contributed by atoms with van der Waals surface area (Å²) in [5.41, 5.74) is 0. The van der Waals surface area contributed by atoms with Gasteiger partial charge in [-0.05, 0) is 30.7 Å². The zero-order valence-corrected chi connectivity index (χ0v) is 11.2. The van der Waals surface area contributed by atoms with Gasteiger partial charge in [0.25, 0.3) is 10.1 Å². The molecule has 0 saturated heterocycles. The molecule has 0 aliphatic carbocycles. The summed E-state index contributed by atoms with van der Waals surface area (Å²) in [6.45, 7) is 1.43. The van der Waals surface area contributed by atoms with E-state index in [0.717, 1.165) is 0 Å². The minimum Gasteiger partial charge on any atom is -0.497 e. The first-order valence-electron chi connectivity index (χ1n) is 5.54. The Balaban J connectivity index is 2.70. The fourth-order valence-electron chi connectivity index (χ4n) is 1.30. The van der Waals surface area contributed by atoms with Crippen LogP contribution >= 0.6 is 0 Å². The number of carbonyl (C=O) groups is 1. The third-order valence-electron chi connectivity index (χ3n) is 2.25. The Morgan fingerprint density at radius 2 is 1.83 bits per heavy atom. The molecule has 0 atom stereocenters. The van der Waals surface area contributed by atoms with Crippen LogP contribution in [0.5, 0.6) is 5.75 Å². The van der Waals surface area contributed by atoms with E-state index in [-0.39, 0.29) is 10.7 Å². The third-order valence-corrected chi connectivity index (χ3v) is 3.53. The Kier molecular flexibility index (Phi) is 5.30. The first-order valence-corrected chi connectivity index (χ1v) is 6.95. The monoisotopic (exact) mass is 272 g/mol. The van der Waals surface area contributed by atoms with E-state index in [0.29, 0.717) is 18.6 Å². The van der Waals surface area contributed by atoms with Gasteiger partial charge in [-0.3, -0.25) is 8.98 Å². The van der Waals surface area contributed by atoms with Crippen LogP contribution in [0.3, 0.4) is 0 Å². The first-order chi connectivity index (χ1) is 8.49. The predicted octanol–water partition coefficient (Wildman–Crippen LogP) is 1.77. The average Bonchev–Trinajstić information content (AvgIpc) is 2.37. The van der Waals surface area contributed by atoms with Crippen LogP contribution in [0, 0.1) is 0 Å². The fourth-order valence-corrected chi connectivity index (χ4v) is 2.20. The topological polar surface area (TPSA) is 69.7 Å². The molecule has 0 aliphatic rings. The van der Waals surface area contributed by atoms with Crippen molar-refractivity contribution in [3.05, 3.63) is 24.3 Å². The van der Waals surface area contributed by atoms with Crippen LogP contribution in [0.4, 0.5) is 0 Å². The van der Waals surface area contributed by atoms with E-state index in [2.05, 4.69) is 4.18 Å². The Hall–Kier alpha value is -1.40. The van der Waals surface area contributed by atoms with E-state index in [1.807, 2.05) is 6.92 Å². The average molecular weight is 272 g/mol. The van der Waals surface area contributed by atoms with Gasteiger partial charge >= 0.3 is 0 Å². The number of Topliss-reactive ketones (excluding diaryl/α,β-unsaturated/α-hetero) is 1. The molecule has 5 nitrogen and oxygen atoms in total. The molecule has 0 heterocycles. The quantitative estimate of drug-likeness (QED) is 0.707. The summed E-state index contributed by atoms with van der Waals surface area (Å²) in [5, 5.41) is 0. The molecular weight excluding hydrogens is 256 g/mol. The van der Waals surface area contributed by atoms with Gasteiger partial charge in [-0.1, -0.05) is 6.92 Å². The largest absolute Gasteiger partial charge is 0.497 e. The van der Waals surface area contributed by atoms with Gasteiger partial charge in [0, 0.05) is 6.42 Å². The number of hydrogen-bond acceptors (Lipinski definition) is 5.